The lowest BCUT2D eigenvalue weighted by Crippen LogP contribution is -2.03. The first kappa shape index (κ1) is 14.7. The average Bonchev–Trinajstić information content (AvgIpc) is 2.79. The predicted molar refractivity (Wildman–Crippen MR) is 84.3 cm³/mol. The van der Waals surface area contributed by atoms with Crippen molar-refractivity contribution in [2.24, 2.45) is 0 Å². The fraction of sp³-hybridized carbons (Fsp3) is 0.133. The summed E-state index contributed by atoms with van der Waals surface area (Å²) < 4.78 is 0. The second-order valence-electron chi connectivity index (χ2n) is 4.80. The van der Waals surface area contributed by atoms with Gasteiger partial charge in [0.15, 0.2) is 0 Å². The number of hydrogen-bond donors (Lipinski definition) is 2. The summed E-state index contributed by atoms with van der Waals surface area (Å²) in [5.74, 6) is -0.0894. The summed E-state index contributed by atoms with van der Waals surface area (Å²) in [7, 11) is 0. The number of amides is 1. The Balaban J connectivity index is 2.06. The maximum atomic E-state index is 11.4. The van der Waals surface area contributed by atoms with E-state index in [4.69, 9.17) is 34.8 Å². The number of hydrogen-bond acceptors (Lipinski definition) is 2. The molecule has 1 aliphatic heterocycles. The third kappa shape index (κ3) is 2.62. The van der Waals surface area contributed by atoms with Gasteiger partial charge in [0.25, 0.3) is 0 Å². The molecule has 6 heteroatoms. The number of nitrogens with one attached hydrogen (secondary N) is 1. The fourth-order valence-electron chi connectivity index (χ4n) is 2.38. The summed E-state index contributed by atoms with van der Waals surface area (Å²) in [5, 5.41) is 14.3. The molecule has 2 aromatic rings. The average molecular weight is 343 g/mol. The molecule has 0 saturated carbocycles. The summed E-state index contributed by atoms with van der Waals surface area (Å²) in [4.78, 5) is 11.4. The Kier molecular flexibility index (Phi) is 3.84. The van der Waals surface area contributed by atoms with E-state index < -0.39 is 6.10 Å². The van der Waals surface area contributed by atoms with E-state index >= 15 is 0 Å². The number of aliphatic hydroxyl groups excluding tert-OH is 1. The lowest BCUT2D eigenvalue weighted by atomic mass is 9.98. The van der Waals surface area contributed by atoms with Crippen LogP contribution < -0.4 is 5.32 Å². The van der Waals surface area contributed by atoms with Gasteiger partial charge in [0.2, 0.25) is 5.91 Å². The van der Waals surface area contributed by atoms with Gasteiger partial charge in [-0.2, -0.15) is 0 Å². The van der Waals surface area contributed by atoms with Crippen LogP contribution in [0, 0.1) is 0 Å². The molecular formula is C15H10Cl3NO2. The molecule has 0 spiro atoms. The summed E-state index contributed by atoms with van der Waals surface area (Å²) in [5.41, 5.74) is 2.45. The Bertz CT molecular complexity index is 746. The van der Waals surface area contributed by atoms with Gasteiger partial charge in [0, 0.05) is 21.8 Å². The minimum atomic E-state index is -1.01. The lowest BCUT2D eigenvalue weighted by Gasteiger charge is -2.16. The molecule has 1 amide bonds. The van der Waals surface area contributed by atoms with Crippen LogP contribution in [0.3, 0.4) is 0 Å². The topological polar surface area (TPSA) is 49.3 Å². The van der Waals surface area contributed by atoms with Crippen molar-refractivity contribution in [3.8, 4) is 0 Å². The van der Waals surface area contributed by atoms with E-state index in [0.717, 1.165) is 5.56 Å². The van der Waals surface area contributed by atoms with Crippen LogP contribution in [0.2, 0.25) is 15.1 Å². The van der Waals surface area contributed by atoms with Gasteiger partial charge < -0.3 is 10.4 Å². The Morgan fingerprint density at radius 3 is 2.62 bits per heavy atom. The second-order valence-corrected chi connectivity index (χ2v) is 5.99. The molecule has 0 aromatic heterocycles. The van der Waals surface area contributed by atoms with Gasteiger partial charge in [0.1, 0.15) is 6.10 Å². The van der Waals surface area contributed by atoms with Crippen LogP contribution in [0.25, 0.3) is 0 Å². The van der Waals surface area contributed by atoms with E-state index in [1.54, 1.807) is 30.3 Å². The number of carbonyl (C=O) groups is 1. The monoisotopic (exact) mass is 341 g/mol. The number of halogens is 3. The standard InChI is InChI=1S/C15H10Cl3NO2/c16-10-3-1-2-8(14(10)18)15(21)9-4-7-5-13(20)19-12(7)6-11(9)17/h1-4,6,15,21H,5H2,(H,19,20). The highest BCUT2D eigenvalue weighted by Crippen LogP contribution is 2.38. The van der Waals surface area contributed by atoms with Crippen LogP contribution in [0.1, 0.15) is 22.8 Å². The minimum absolute atomic E-state index is 0.0894. The number of benzene rings is 2. The fourth-order valence-corrected chi connectivity index (χ4v) is 3.05. The minimum Gasteiger partial charge on any atom is -0.384 e. The van der Waals surface area contributed by atoms with Crippen molar-refractivity contribution in [2.45, 2.75) is 12.5 Å². The second kappa shape index (κ2) is 5.50. The number of aliphatic hydroxyl groups is 1. The van der Waals surface area contributed by atoms with E-state index in [0.29, 0.717) is 26.9 Å². The zero-order chi connectivity index (χ0) is 15.1. The van der Waals surface area contributed by atoms with Crippen LogP contribution in [0.5, 0.6) is 0 Å². The van der Waals surface area contributed by atoms with Crippen LogP contribution in [0.15, 0.2) is 30.3 Å². The molecule has 1 heterocycles. The van der Waals surface area contributed by atoms with E-state index in [2.05, 4.69) is 5.32 Å². The van der Waals surface area contributed by atoms with Crippen LogP contribution >= 0.6 is 34.8 Å². The first-order valence-electron chi connectivity index (χ1n) is 6.21. The normalized spacial score (nSPS) is 14.8. The first-order valence-corrected chi connectivity index (χ1v) is 7.35. The molecule has 3 nitrogen and oxygen atoms in total. The lowest BCUT2D eigenvalue weighted by molar-refractivity contribution is -0.115. The molecule has 0 saturated heterocycles. The van der Waals surface area contributed by atoms with E-state index in [9.17, 15) is 9.90 Å². The third-order valence-corrected chi connectivity index (χ3v) is 4.58. The summed E-state index contributed by atoms with van der Waals surface area (Å²) in [6.45, 7) is 0. The van der Waals surface area contributed by atoms with Gasteiger partial charge in [-0.25, -0.2) is 0 Å². The molecule has 1 aliphatic rings. The van der Waals surface area contributed by atoms with Crippen molar-refractivity contribution < 1.29 is 9.90 Å². The quantitative estimate of drug-likeness (QED) is 0.858. The summed E-state index contributed by atoms with van der Waals surface area (Å²) >= 11 is 18.3. The van der Waals surface area contributed by atoms with Gasteiger partial charge in [-0.1, -0.05) is 46.9 Å². The Labute approximate surface area is 136 Å². The Hall–Kier alpha value is -1.26. The van der Waals surface area contributed by atoms with Crippen LogP contribution in [-0.4, -0.2) is 11.0 Å². The Morgan fingerprint density at radius 1 is 1.10 bits per heavy atom. The molecule has 3 rings (SSSR count). The van der Waals surface area contributed by atoms with Crippen molar-refractivity contribution in [1.29, 1.82) is 0 Å². The summed E-state index contributed by atoms with van der Waals surface area (Å²) in [6, 6.07) is 8.40. The van der Waals surface area contributed by atoms with Crippen molar-refractivity contribution in [3.05, 3.63) is 62.1 Å². The van der Waals surface area contributed by atoms with Crippen molar-refractivity contribution in [3.63, 3.8) is 0 Å². The van der Waals surface area contributed by atoms with E-state index in [1.807, 2.05) is 0 Å². The molecule has 2 aromatic carbocycles. The first-order chi connectivity index (χ1) is 9.97. The maximum Gasteiger partial charge on any atom is 0.228 e. The van der Waals surface area contributed by atoms with Gasteiger partial charge in [-0.15, -0.1) is 0 Å². The molecule has 1 unspecified atom stereocenters. The van der Waals surface area contributed by atoms with Crippen LogP contribution in [0.4, 0.5) is 5.69 Å². The zero-order valence-corrected chi connectivity index (χ0v) is 12.9. The Morgan fingerprint density at radius 2 is 1.86 bits per heavy atom. The largest absolute Gasteiger partial charge is 0.384 e. The van der Waals surface area contributed by atoms with E-state index in [-0.39, 0.29) is 17.4 Å². The van der Waals surface area contributed by atoms with Gasteiger partial charge in [-0.05, 0) is 23.8 Å². The molecule has 0 fully saturated rings. The third-order valence-electron chi connectivity index (χ3n) is 3.42. The molecular weight excluding hydrogens is 333 g/mol. The molecule has 0 bridgehead atoms. The smallest absolute Gasteiger partial charge is 0.228 e. The molecule has 108 valence electrons. The van der Waals surface area contributed by atoms with Gasteiger partial charge >= 0.3 is 0 Å². The number of anilines is 1. The number of carbonyl (C=O) groups excluding carboxylic acids is 1. The molecule has 21 heavy (non-hydrogen) atoms. The highest BCUT2D eigenvalue weighted by Gasteiger charge is 2.24. The van der Waals surface area contributed by atoms with Gasteiger partial charge in [0.05, 0.1) is 16.5 Å². The predicted octanol–water partition coefficient (Wildman–Crippen LogP) is 4.22. The highest BCUT2D eigenvalue weighted by molar-refractivity contribution is 6.42. The molecule has 0 aliphatic carbocycles. The SMILES string of the molecule is O=C1Cc2cc(C(O)c3cccc(Cl)c3Cl)c(Cl)cc2N1. The maximum absolute atomic E-state index is 11.4. The molecule has 2 N–H and O–H groups in total. The van der Waals surface area contributed by atoms with E-state index in [1.165, 1.54) is 0 Å². The molecule has 0 radical (unpaired) electrons. The summed E-state index contributed by atoms with van der Waals surface area (Å²) in [6.07, 6.45) is -0.736. The van der Waals surface area contributed by atoms with Crippen molar-refractivity contribution in [2.75, 3.05) is 5.32 Å². The zero-order valence-electron chi connectivity index (χ0n) is 10.7. The highest BCUT2D eigenvalue weighted by atomic mass is 35.5. The van der Waals surface area contributed by atoms with Crippen molar-refractivity contribution in [1.82, 2.24) is 0 Å². The van der Waals surface area contributed by atoms with Crippen LogP contribution in [-0.2, 0) is 11.2 Å². The van der Waals surface area contributed by atoms with Crippen molar-refractivity contribution >= 4 is 46.4 Å². The van der Waals surface area contributed by atoms with Gasteiger partial charge in [-0.3, -0.25) is 4.79 Å². The number of rotatable bonds is 2. The molecule has 1 atom stereocenters. The number of fused-ring (bicyclic) bond motifs is 1.